The fourth-order valence-corrected chi connectivity index (χ4v) is 1.86. The molecular formula is C11H20N4O. The average Bonchev–Trinajstić information content (AvgIpc) is 3.03. The summed E-state index contributed by atoms with van der Waals surface area (Å²) in [5.41, 5.74) is 6.35. The van der Waals surface area contributed by atoms with Gasteiger partial charge < -0.3 is 10.5 Å². The monoisotopic (exact) mass is 224 g/mol. The van der Waals surface area contributed by atoms with E-state index in [0.29, 0.717) is 0 Å². The fourth-order valence-electron chi connectivity index (χ4n) is 1.86. The van der Waals surface area contributed by atoms with Crippen molar-refractivity contribution in [2.75, 3.05) is 32.5 Å². The largest absolute Gasteiger partial charge is 0.396 e. The Balaban J connectivity index is 1.77. The number of hydrogen-bond donors (Lipinski definition) is 1. The lowest BCUT2D eigenvalue weighted by molar-refractivity contribution is 0.140. The van der Waals surface area contributed by atoms with E-state index in [9.17, 15) is 0 Å². The van der Waals surface area contributed by atoms with Gasteiger partial charge in [0, 0.05) is 32.4 Å². The SMILES string of the molecule is COCCN(CCn1cc(N)cn1)C1CC1. The highest BCUT2D eigenvalue weighted by Gasteiger charge is 2.28. The molecule has 0 saturated heterocycles. The molecular weight excluding hydrogens is 204 g/mol. The van der Waals surface area contributed by atoms with E-state index in [4.69, 9.17) is 10.5 Å². The van der Waals surface area contributed by atoms with Crippen molar-refractivity contribution in [2.24, 2.45) is 0 Å². The molecule has 0 atom stereocenters. The van der Waals surface area contributed by atoms with Crippen LogP contribution in [-0.2, 0) is 11.3 Å². The second-order valence-corrected chi connectivity index (χ2v) is 4.30. The van der Waals surface area contributed by atoms with Gasteiger partial charge in [0.2, 0.25) is 0 Å². The van der Waals surface area contributed by atoms with E-state index < -0.39 is 0 Å². The van der Waals surface area contributed by atoms with Gasteiger partial charge in [-0.15, -0.1) is 0 Å². The molecule has 90 valence electrons. The molecule has 0 spiro atoms. The predicted octanol–water partition coefficient (Wildman–Crippen LogP) is 0.576. The average molecular weight is 224 g/mol. The Kier molecular flexibility index (Phi) is 3.79. The van der Waals surface area contributed by atoms with Gasteiger partial charge in [0.05, 0.1) is 25.0 Å². The molecule has 0 aromatic carbocycles. The minimum atomic E-state index is 0.731. The second kappa shape index (κ2) is 5.32. The number of nitrogens with zero attached hydrogens (tertiary/aromatic N) is 3. The summed E-state index contributed by atoms with van der Waals surface area (Å²) in [6.07, 6.45) is 6.22. The quantitative estimate of drug-likeness (QED) is 0.736. The number of anilines is 1. The van der Waals surface area contributed by atoms with Crippen LogP contribution in [-0.4, -0.2) is 47.5 Å². The van der Waals surface area contributed by atoms with Gasteiger partial charge in [-0.3, -0.25) is 9.58 Å². The molecule has 1 fully saturated rings. The summed E-state index contributed by atoms with van der Waals surface area (Å²) in [7, 11) is 1.75. The second-order valence-electron chi connectivity index (χ2n) is 4.30. The minimum absolute atomic E-state index is 0.731. The third-order valence-electron chi connectivity index (χ3n) is 2.92. The van der Waals surface area contributed by atoms with Gasteiger partial charge in [0.15, 0.2) is 0 Å². The standard InChI is InChI=1S/C11H20N4O/c1-16-7-6-14(11-2-3-11)4-5-15-9-10(12)8-13-15/h8-9,11H,2-7,12H2,1H3. The maximum atomic E-state index is 5.62. The van der Waals surface area contributed by atoms with Crippen LogP contribution in [0.3, 0.4) is 0 Å². The Bertz CT molecular complexity index is 322. The van der Waals surface area contributed by atoms with E-state index in [0.717, 1.165) is 38.0 Å². The molecule has 1 aliphatic rings. The smallest absolute Gasteiger partial charge is 0.0719 e. The molecule has 0 amide bonds. The van der Waals surface area contributed by atoms with Crippen molar-refractivity contribution in [3.05, 3.63) is 12.4 Å². The Hall–Kier alpha value is -1.07. The molecule has 5 heteroatoms. The van der Waals surface area contributed by atoms with Crippen molar-refractivity contribution in [2.45, 2.75) is 25.4 Å². The number of nitrogen functional groups attached to an aromatic ring is 1. The normalized spacial score (nSPS) is 15.9. The molecule has 1 aromatic heterocycles. The lowest BCUT2D eigenvalue weighted by Gasteiger charge is -2.21. The van der Waals surface area contributed by atoms with Crippen LogP contribution in [0.1, 0.15) is 12.8 Å². The highest BCUT2D eigenvalue weighted by Crippen LogP contribution is 2.26. The molecule has 1 aromatic rings. The van der Waals surface area contributed by atoms with Crippen LogP contribution >= 0.6 is 0 Å². The Morgan fingerprint density at radius 1 is 1.56 bits per heavy atom. The van der Waals surface area contributed by atoms with E-state index in [2.05, 4.69) is 10.00 Å². The zero-order chi connectivity index (χ0) is 11.4. The first-order chi connectivity index (χ1) is 7.79. The summed E-state index contributed by atoms with van der Waals surface area (Å²) in [6.45, 7) is 3.74. The van der Waals surface area contributed by atoms with Gasteiger partial charge >= 0.3 is 0 Å². The highest BCUT2D eigenvalue weighted by atomic mass is 16.5. The summed E-state index contributed by atoms with van der Waals surface area (Å²) < 4.78 is 7.02. The molecule has 1 aliphatic carbocycles. The molecule has 1 heterocycles. The lowest BCUT2D eigenvalue weighted by atomic mass is 10.4. The van der Waals surface area contributed by atoms with Gasteiger partial charge in [-0.2, -0.15) is 5.10 Å². The van der Waals surface area contributed by atoms with Crippen molar-refractivity contribution in [3.63, 3.8) is 0 Å². The van der Waals surface area contributed by atoms with Gasteiger partial charge in [0.1, 0.15) is 0 Å². The van der Waals surface area contributed by atoms with Gasteiger partial charge in [0.25, 0.3) is 0 Å². The topological polar surface area (TPSA) is 56.3 Å². The van der Waals surface area contributed by atoms with Gasteiger partial charge in [-0.25, -0.2) is 0 Å². The van der Waals surface area contributed by atoms with Crippen molar-refractivity contribution in [3.8, 4) is 0 Å². The van der Waals surface area contributed by atoms with Crippen LogP contribution in [0.15, 0.2) is 12.4 Å². The van der Waals surface area contributed by atoms with E-state index in [-0.39, 0.29) is 0 Å². The summed E-state index contributed by atoms with van der Waals surface area (Å²) in [6, 6.07) is 0.767. The summed E-state index contributed by atoms with van der Waals surface area (Å²) >= 11 is 0. The maximum absolute atomic E-state index is 5.62. The van der Waals surface area contributed by atoms with Crippen LogP contribution in [0.2, 0.25) is 0 Å². The van der Waals surface area contributed by atoms with Crippen molar-refractivity contribution in [1.82, 2.24) is 14.7 Å². The third kappa shape index (κ3) is 3.21. The predicted molar refractivity (Wildman–Crippen MR) is 63.1 cm³/mol. The molecule has 1 saturated carbocycles. The number of rotatable bonds is 7. The van der Waals surface area contributed by atoms with Crippen molar-refractivity contribution in [1.29, 1.82) is 0 Å². The van der Waals surface area contributed by atoms with Crippen LogP contribution in [0.25, 0.3) is 0 Å². The molecule has 0 aliphatic heterocycles. The van der Waals surface area contributed by atoms with E-state index >= 15 is 0 Å². The lowest BCUT2D eigenvalue weighted by Crippen LogP contribution is -2.32. The van der Waals surface area contributed by atoms with Crippen LogP contribution in [0.5, 0.6) is 0 Å². The van der Waals surface area contributed by atoms with Crippen molar-refractivity contribution >= 4 is 5.69 Å². The Labute approximate surface area is 96.2 Å². The van der Waals surface area contributed by atoms with Crippen LogP contribution < -0.4 is 5.73 Å². The molecule has 0 unspecified atom stereocenters. The first kappa shape index (κ1) is 11.4. The zero-order valence-electron chi connectivity index (χ0n) is 9.80. The first-order valence-corrected chi connectivity index (χ1v) is 5.80. The summed E-state index contributed by atoms with van der Waals surface area (Å²) in [5.74, 6) is 0. The molecule has 2 rings (SSSR count). The molecule has 16 heavy (non-hydrogen) atoms. The third-order valence-corrected chi connectivity index (χ3v) is 2.92. The molecule has 0 bridgehead atoms. The zero-order valence-corrected chi connectivity index (χ0v) is 9.80. The van der Waals surface area contributed by atoms with Crippen LogP contribution in [0.4, 0.5) is 5.69 Å². The number of methoxy groups -OCH3 is 1. The fraction of sp³-hybridized carbons (Fsp3) is 0.727. The number of nitrogens with two attached hydrogens (primary N) is 1. The van der Waals surface area contributed by atoms with Gasteiger partial charge in [-0.1, -0.05) is 0 Å². The van der Waals surface area contributed by atoms with Gasteiger partial charge in [-0.05, 0) is 12.8 Å². The molecule has 5 nitrogen and oxygen atoms in total. The summed E-state index contributed by atoms with van der Waals surface area (Å²) in [4.78, 5) is 2.47. The summed E-state index contributed by atoms with van der Waals surface area (Å²) in [5, 5.41) is 4.18. The highest BCUT2D eigenvalue weighted by molar-refractivity contribution is 5.30. The Morgan fingerprint density at radius 2 is 2.38 bits per heavy atom. The number of ether oxygens (including phenoxy) is 1. The first-order valence-electron chi connectivity index (χ1n) is 5.80. The number of hydrogen-bond acceptors (Lipinski definition) is 4. The number of aromatic nitrogens is 2. The maximum Gasteiger partial charge on any atom is 0.0719 e. The van der Waals surface area contributed by atoms with E-state index in [1.54, 1.807) is 13.3 Å². The van der Waals surface area contributed by atoms with E-state index in [1.807, 2.05) is 10.9 Å². The van der Waals surface area contributed by atoms with Crippen LogP contribution in [0, 0.1) is 0 Å². The van der Waals surface area contributed by atoms with Crippen molar-refractivity contribution < 1.29 is 4.74 Å². The Morgan fingerprint density at radius 3 is 2.94 bits per heavy atom. The molecule has 2 N–H and O–H groups in total. The minimum Gasteiger partial charge on any atom is -0.396 e. The molecule has 0 radical (unpaired) electrons. The van der Waals surface area contributed by atoms with E-state index in [1.165, 1.54) is 12.8 Å².